The number of carbonyl (C=O) groups excluding carboxylic acids is 1. The van der Waals surface area contributed by atoms with Crippen LogP contribution in [0.25, 0.3) is 0 Å². The van der Waals surface area contributed by atoms with E-state index in [2.05, 4.69) is 5.16 Å². The van der Waals surface area contributed by atoms with Crippen LogP contribution in [0, 0.1) is 5.92 Å². The van der Waals surface area contributed by atoms with E-state index in [9.17, 15) is 4.79 Å². The van der Waals surface area contributed by atoms with Crippen LogP contribution in [0.5, 0.6) is 0 Å². The van der Waals surface area contributed by atoms with Gasteiger partial charge in [0.15, 0.2) is 6.10 Å². The van der Waals surface area contributed by atoms with Crippen LogP contribution in [0.15, 0.2) is 29.0 Å². The van der Waals surface area contributed by atoms with Gasteiger partial charge in [-0.25, -0.2) is 0 Å². The molecule has 2 rings (SSSR count). The second kappa shape index (κ2) is 2.34. The Balaban J connectivity index is 2.26. The molecule has 0 aromatic carbocycles. The van der Waals surface area contributed by atoms with Gasteiger partial charge in [-0.05, 0) is 6.08 Å². The zero-order valence-corrected chi connectivity index (χ0v) is 5.81. The maximum absolute atomic E-state index is 10.3. The van der Waals surface area contributed by atoms with Crippen LogP contribution in [0.2, 0.25) is 0 Å². The van der Waals surface area contributed by atoms with Crippen molar-refractivity contribution in [1.82, 2.24) is 0 Å². The normalized spacial score (nSPS) is 32.5. The average Bonchev–Trinajstić information content (AvgIpc) is 2.50. The Morgan fingerprint density at radius 2 is 2.55 bits per heavy atom. The second-order valence-electron chi connectivity index (χ2n) is 2.55. The Bertz CT molecular complexity index is 265. The standard InChI is InChI=1S/C8H7NO2/c10-5-6-1-2-8-7(3-6)4-9-11-8/h1-5,7-8H. The van der Waals surface area contributed by atoms with Crippen molar-refractivity contribution in [3.05, 3.63) is 23.8 Å². The molecule has 0 saturated heterocycles. The van der Waals surface area contributed by atoms with Crippen molar-refractivity contribution in [2.24, 2.45) is 11.1 Å². The SMILES string of the molecule is O=CC1=CC2C=NOC2C=C1. The molecule has 2 aliphatic rings. The van der Waals surface area contributed by atoms with Crippen LogP contribution in [0.4, 0.5) is 0 Å². The van der Waals surface area contributed by atoms with E-state index in [1.165, 1.54) is 0 Å². The van der Waals surface area contributed by atoms with Crippen molar-refractivity contribution >= 4 is 12.5 Å². The molecule has 0 aromatic rings. The first kappa shape index (κ1) is 6.34. The molecule has 1 aliphatic heterocycles. The zero-order valence-electron chi connectivity index (χ0n) is 5.81. The fraction of sp³-hybridized carbons (Fsp3) is 0.250. The largest absolute Gasteiger partial charge is 0.388 e. The summed E-state index contributed by atoms with van der Waals surface area (Å²) in [5.41, 5.74) is 0.697. The van der Waals surface area contributed by atoms with Crippen LogP contribution < -0.4 is 0 Å². The highest BCUT2D eigenvalue weighted by molar-refractivity contribution is 5.81. The molecule has 2 unspecified atom stereocenters. The molecule has 0 radical (unpaired) electrons. The number of rotatable bonds is 1. The van der Waals surface area contributed by atoms with Gasteiger partial charge in [-0.2, -0.15) is 0 Å². The van der Waals surface area contributed by atoms with Crippen molar-refractivity contribution < 1.29 is 9.63 Å². The highest BCUT2D eigenvalue weighted by Gasteiger charge is 2.24. The maximum Gasteiger partial charge on any atom is 0.157 e. The summed E-state index contributed by atoms with van der Waals surface area (Å²) in [6, 6.07) is 0. The first-order chi connectivity index (χ1) is 5.40. The quantitative estimate of drug-likeness (QED) is 0.514. The van der Waals surface area contributed by atoms with Gasteiger partial charge in [0, 0.05) is 5.57 Å². The molecule has 0 saturated carbocycles. The summed E-state index contributed by atoms with van der Waals surface area (Å²) in [5.74, 6) is 0.153. The van der Waals surface area contributed by atoms with Crippen LogP contribution in [-0.4, -0.2) is 18.6 Å². The Kier molecular flexibility index (Phi) is 1.35. The van der Waals surface area contributed by atoms with Gasteiger partial charge in [-0.15, -0.1) is 0 Å². The molecule has 0 fully saturated rings. The summed E-state index contributed by atoms with van der Waals surface area (Å²) in [6.07, 6.45) is 8.01. The van der Waals surface area contributed by atoms with Gasteiger partial charge >= 0.3 is 0 Å². The summed E-state index contributed by atoms with van der Waals surface area (Å²) in [7, 11) is 0. The van der Waals surface area contributed by atoms with Gasteiger partial charge < -0.3 is 4.84 Å². The average molecular weight is 149 g/mol. The van der Waals surface area contributed by atoms with Gasteiger partial charge in [-0.1, -0.05) is 17.3 Å². The van der Waals surface area contributed by atoms with Gasteiger partial charge in [-0.3, -0.25) is 4.79 Å². The fourth-order valence-corrected chi connectivity index (χ4v) is 1.19. The minimum absolute atomic E-state index is 0.0127. The topological polar surface area (TPSA) is 38.7 Å². The van der Waals surface area contributed by atoms with Crippen molar-refractivity contribution in [3.8, 4) is 0 Å². The number of aldehydes is 1. The molecule has 1 aliphatic carbocycles. The molecule has 0 amide bonds. The third-order valence-corrected chi connectivity index (χ3v) is 1.79. The van der Waals surface area contributed by atoms with Crippen LogP contribution >= 0.6 is 0 Å². The molecule has 0 aromatic heterocycles. The van der Waals surface area contributed by atoms with E-state index in [0.29, 0.717) is 5.57 Å². The lowest BCUT2D eigenvalue weighted by atomic mass is 9.96. The smallest absolute Gasteiger partial charge is 0.157 e. The van der Waals surface area contributed by atoms with E-state index in [-0.39, 0.29) is 12.0 Å². The molecule has 3 heteroatoms. The fourth-order valence-electron chi connectivity index (χ4n) is 1.19. The predicted octanol–water partition coefficient (Wildman–Crippen LogP) is 0.682. The summed E-state index contributed by atoms with van der Waals surface area (Å²) < 4.78 is 0. The lowest BCUT2D eigenvalue weighted by Crippen LogP contribution is -2.16. The molecule has 3 nitrogen and oxygen atoms in total. The first-order valence-corrected chi connectivity index (χ1v) is 3.44. The van der Waals surface area contributed by atoms with E-state index in [0.717, 1.165) is 6.29 Å². The Hall–Kier alpha value is -1.38. The number of nitrogens with zero attached hydrogens (tertiary/aromatic N) is 1. The molecule has 1 heterocycles. The zero-order chi connectivity index (χ0) is 7.68. The Morgan fingerprint density at radius 1 is 1.64 bits per heavy atom. The predicted molar refractivity (Wildman–Crippen MR) is 40.1 cm³/mol. The number of hydrogen-bond acceptors (Lipinski definition) is 3. The minimum Gasteiger partial charge on any atom is -0.388 e. The highest BCUT2D eigenvalue weighted by Crippen LogP contribution is 2.21. The molecule has 0 bridgehead atoms. The molecular formula is C8H7NO2. The van der Waals surface area contributed by atoms with E-state index in [4.69, 9.17) is 4.84 Å². The molecule has 11 heavy (non-hydrogen) atoms. The van der Waals surface area contributed by atoms with Crippen LogP contribution in [-0.2, 0) is 9.63 Å². The first-order valence-electron chi connectivity index (χ1n) is 3.44. The summed E-state index contributed by atoms with van der Waals surface area (Å²) >= 11 is 0. The van der Waals surface area contributed by atoms with Crippen LogP contribution in [0.1, 0.15) is 0 Å². The summed E-state index contributed by atoms with van der Waals surface area (Å²) in [5, 5.41) is 3.66. The van der Waals surface area contributed by atoms with Gasteiger partial charge in [0.1, 0.15) is 6.29 Å². The van der Waals surface area contributed by atoms with Crippen molar-refractivity contribution in [2.75, 3.05) is 0 Å². The van der Waals surface area contributed by atoms with Crippen molar-refractivity contribution in [1.29, 1.82) is 0 Å². The number of carbonyl (C=O) groups is 1. The van der Waals surface area contributed by atoms with Gasteiger partial charge in [0.25, 0.3) is 0 Å². The monoisotopic (exact) mass is 149 g/mol. The number of fused-ring (bicyclic) bond motifs is 1. The molecule has 0 spiro atoms. The van der Waals surface area contributed by atoms with Crippen molar-refractivity contribution in [2.45, 2.75) is 6.10 Å². The second-order valence-corrected chi connectivity index (χ2v) is 2.55. The van der Waals surface area contributed by atoms with Crippen molar-refractivity contribution in [3.63, 3.8) is 0 Å². The lowest BCUT2D eigenvalue weighted by molar-refractivity contribution is -0.104. The Labute approximate surface area is 64.0 Å². The number of hydrogen-bond donors (Lipinski definition) is 0. The number of allylic oxidation sites excluding steroid dienone is 2. The third kappa shape index (κ3) is 0.981. The third-order valence-electron chi connectivity index (χ3n) is 1.79. The van der Waals surface area contributed by atoms with E-state index in [1.54, 1.807) is 12.3 Å². The summed E-state index contributed by atoms with van der Waals surface area (Å²) in [4.78, 5) is 15.3. The van der Waals surface area contributed by atoms with Gasteiger partial charge in [0.2, 0.25) is 0 Å². The van der Waals surface area contributed by atoms with Gasteiger partial charge in [0.05, 0.1) is 12.1 Å². The molecule has 56 valence electrons. The van der Waals surface area contributed by atoms with E-state index >= 15 is 0 Å². The number of oxime groups is 1. The Morgan fingerprint density at radius 3 is 3.36 bits per heavy atom. The van der Waals surface area contributed by atoms with E-state index < -0.39 is 0 Å². The highest BCUT2D eigenvalue weighted by atomic mass is 16.6. The summed E-state index contributed by atoms with van der Waals surface area (Å²) in [6.45, 7) is 0. The lowest BCUT2D eigenvalue weighted by Gasteiger charge is -2.12. The minimum atomic E-state index is 0.0127. The van der Waals surface area contributed by atoms with Crippen LogP contribution in [0.3, 0.4) is 0 Å². The molecule has 0 N–H and O–H groups in total. The molecular weight excluding hydrogens is 142 g/mol. The molecule has 2 atom stereocenters. The van der Waals surface area contributed by atoms with E-state index in [1.807, 2.05) is 12.2 Å². The maximum atomic E-state index is 10.3.